The van der Waals surface area contributed by atoms with E-state index < -0.39 is 0 Å². The first-order valence-electron chi connectivity index (χ1n) is 16.2. The van der Waals surface area contributed by atoms with Crippen molar-refractivity contribution in [1.29, 1.82) is 0 Å². The van der Waals surface area contributed by atoms with E-state index in [-0.39, 0.29) is 0 Å². The maximum atomic E-state index is 4.97. The summed E-state index contributed by atoms with van der Waals surface area (Å²) in [7, 11) is 0. The van der Waals surface area contributed by atoms with Gasteiger partial charge in [0.2, 0.25) is 0 Å². The van der Waals surface area contributed by atoms with E-state index in [0.717, 1.165) is 66.6 Å². The van der Waals surface area contributed by atoms with E-state index in [2.05, 4.69) is 119 Å². The lowest BCUT2D eigenvalue weighted by Gasteiger charge is -2.11. The van der Waals surface area contributed by atoms with Crippen LogP contribution < -0.4 is 0 Å². The molecule has 0 fully saturated rings. The number of rotatable bonds is 6. The lowest BCUT2D eigenvalue weighted by atomic mass is 9.92. The smallest absolute Gasteiger partial charge is 0.0718 e. The predicted octanol–water partition coefficient (Wildman–Crippen LogP) is 11.6. The van der Waals surface area contributed by atoms with Gasteiger partial charge in [0.15, 0.2) is 0 Å². The molecule has 9 rings (SSSR count). The van der Waals surface area contributed by atoms with Crippen LogP contribution in [0.5, 0.6) is 0 Å². The Morgan fingerprint density at radius 2 is 0.735 bits per heavy atom. The molecule has 5 aromatic heterocycles. The van der Waals surface area contributed by atoms with Gasteiger partial charge in [-0.1, -0.05) is 97.1 Å². The van der Waals surface area contributed by atoms with Crippen molar-refractivity contribution in [3.05, 3.63) is 170 Å². The number of nitrogens with zero attached hydrogens (tertiary/aromatic N) is 4. The van der Waals surface area contributed by atoms with Crippen LogP contribution in [0.3, 0.4) is 0 Å². The molecule has 0 spiro atoms. The van der Waals surface area contributed by atoms with Gasteiger partial charge in [-0.25, -0.2) is 0 Å². The van der Waals surface area contributed by atoms with Gasteiger partial charge in [0.1, 0.15) is 0 Å². The van der Waals surface area contributed by atoms with Crippen LogP contribution in [-0.4, -0.2) is 19.9 Å². The van der Waals surface area contributed by atoms with E-state index in [0.29, 0.717) is 0 Å². The molecule has 0 unspecified atom stereocenters. The quantitative estimate of drug-likeness (QED) is 0.181. The number of thiophene rings is 1. The highest BCUT2D eigenvalue weighted by Gasteiger charge is 2.23. The fourth-order valence-electron chi connectivity index (χ4n) is 6.42. The van der Waals surface area contributed by atoms with Gasteiger partial charge in [-0.05, 0) is 59.7 Å². The summed E-state index contributed by atoms with van der Waals surface area (Å²) in [6, 6.07) is 50.5. The molecule has 5 heteroatoms. The molecular weight excluding hydrogens is 617 g/mol. The van der Waals surface area contributed by atoms with E-state index in [1.54, 1.807) is 11.3 Å². The highest BCUT2D eigenvalue weighted by Crippen LogP contribution is 2.52. The van der Waals surface area contributed by atoms with Crippen LogP contribution in [-0.2, 0) is 0 Å². The summed E-state index contributed by atoms with van der Waals surface area (Å²) < 4.78 is 0. The van der Waals surface area contributed by atoms with Crippen molar-refractivity contribution < 1.29 is 0 Å². The van der Waals surface area contributed by atoms with Gasteiger partial charge in [0.05, 0.1) is 22.4 Å². The van der Waals surface area contributed by atoms with E-state index in [4.69, 9.17) is 9.97 Å². The summed E-state index contributed by atoms with van der Waals surface area (Å²) in [4.78, 5) is 21.6. The highest BCUT2D eigenvalue weighted by atomic mass is 32.1. The lowest BCUT2D eigenvalue weighted by molar-refractivity contribution is 1.31. The zero-order chi connectivity index (χ0) is 32.6. The molecule has 0 bridgehead atoms. The van der Waals surface area contributed by atoms with Crippen molar-refractivity contribution >= 4 is 33.1 Å². The fourth-order valence-corrected chi connectivity index (χ4v) is 7.74. The van der Waals surface area contributed by atoms with Gasteiger partial charge < -0.3 is 0 Å². The monoisotopic (exact) mass is 644 g/mol. The van der Waals surface area contributed by atoms with Crippen molar-refractivity contribution in [2.75, 3.05) is 0 Å². The van der Waals surface area contributed by atoms with Gasteiger partial charge in [-0.2, -0.15) is 0 Å². The third kappa shape index (κ3) is 5.46. The molecule has 230 valence electrons. The Kier molecular flexibility index (Phi) is 7.30. The topological polar surface area (TPSA) is 51.6 Å². The van der Waals surface area contributed by atoms with Crippen molar-refractivity contribution in [3.63, 3.8) is 0 Å². The predicted molar refractivity (Wildman–Crippen MR) is 203 cm³/mol. The van der Waals surface area contributed by atoms with Gasteiger partial charge >= 0.3 is 0 Å². The van der Waals surface area contributed by atoms with Crippen LogP contribution in [0.4, 0.5) is 0 Å². The van der Waals surface area contributed by atoms with Crippen LogP contribution in [0.25, 0.3) is 87.5 Å². The second-order valence-electron chi connectivity index (χ2n) is 11.9. The van der Waals surface area contributed by atoms with Crippen molar-refractivity contribution in [2.24, 2.45) is 0 Å². The lowest BCUT2D eigenvalue weighted by Crippen LogP contribution is -1.89. The normalized spacial score (nSPS) is 11.3. The Hall–Kier alpha value is -6.30. The zero-order valence-corrected chi connectivity index (χ0v) is 27.2. The Morgan fingerprint density at radius 3 is 1.16 bits per heavy atom. The average Bonchev–Trinajstić information content (AvgIpc) is 3.59. The highest BCUT2D eigenvalue weighted by molar-refractivity contribution is 7.20. The van der Waals surface area contributed by atoms with E-state index >= 15 is 0 Å². The minimum atomic E-state index is 0.895. The molecule has 0 aliphatic heterocycles. The summed E-state index contributed by atoms with van der Waals surface area (Å²) in [6.45, 7) is 0. The molecule has 0 aliphatic rings. The summed E-state index contributed by atoms with van der Waals surface area (Å²) in [5, 5.41) is 2.20. The van der Waals surface area contributed by atoms with Crippen LogP contribution in [0, 0.1) is 0 Å². The number of hydrogen-bond acceptors (Lipinski definition) is 5. The van der Waals surface area contributed by atoms with E-state index in [1.807, 2.05) is 61.2 Å². The first-order chi connectivity index (χ1) is 24.3. The first kappa shape index (κ1) is 28.9. The van der Waals surface area contributed by atoms with Gasteiger partial charge in [-0.15, -0.1) is 11.3 Å². The third-order valence-electron chi connectivity index (χ3n) is 8.86. The largest absolute Gasteiger partial charge is 0.256 e. The molecule has 0 aliphatic carbocycles. The van der Waals surface area contributed by atoms with Gasteiger partial charge in [-0.3, -0.25) is 19.9 Å². The Labute approximate surface area is 288 Å². The van der Waals surface area contributed by atoms with Crippen LogP contribution >= 0.6 is 11.3 Å². The Bertz CT molecular complexity index is 2400. The molecular formula is C44H28N4S. The number of hydrogen-bond donors (Lipinski definition) is 0. The number of aromatic nitrogens is 4. The Balaban J connectivity index is 1.18. The summed E-state index contributed by atoms with van der Waals surface area (Å²) >= 11 is 1.78. The first-order valence-corrected chi connectivity index (χ1v) is 17.0. The third-order valence-corrected chi connectivity index (χ3v) is 10.1. The minimum absolute atomic E-state index is 0.895. The summed E-state index contributed by atoms with van der Waals surface area (Å²) in [5.41, 5.74) is 12.6. The molecule has 0 radical (unpaired) electrons. The van der Waals surface area contributed by atoms with Crippen LogP contribution in [0.15, 0.2) is 170 Å². The SMILES string of the molecule is c1ccc(-c2c(-c3ccc(-c4cnc5ccccc5c4)nc3)sc(-c3ccc(-c4cnc5ccccc5c4)nc3)c2-c2ccccc2)cc1. The molecule has 0 saturated heterocycles. The molecule has 4 aromatic carbocycles. The van der Waals surface area contributed by atoms with Crippen molar-refractivity contribution in [2.45, 2.75) is 0 Å². The molecule has 9 aromatic rings. The zero-order valence-electron chi connectivity index (χ0n) is 26.4. The molecule has 0 saturated carbocycles. The maximum Gasteiger partial charge on any atom is 0.0718 e. The molecule has 4 nitrogen and oxygen atoms in total. The second-order valence-corrected chi connectivity index (χ2v) is 13.0. The van der Waals surface area contributed by atoms with Crippen molar-refractivity contribution in [3.8, 4) is 65.6 Å². The standard InChI is InChI=1S/C44H28N4S/c1-3-11-29(12-4-1)41-42(30-13-5-2-6-14-30)44(34-20-22-40(46-26-34)36-24-32-16-8-10-18-38(32)48-28-36)49-43(41)33-19-21-39(45-25-33)35-23-31-15-7-9-17-37(31)47-27-35/h1-28H. The van der Waals surface area contributed by atoms with Gasteiger partial charge in [0.25, 0.3) is 0 Å². The maximum absolute atomic E-state index is 4.97. The fraction of sp³-hybridized carbons (Fsp3) is 0. The number of benzene rings is 4. The molecule has 0 amide bonds. The van der Waals surface area contributed by atoms with Crippen LogP contribution in [0.2, 0.25) is 0 Å². The average molecular weight is 645 g/mol. The van der Waals surface area contributed by atoms with Gasteiger partial charge in [0, 0.05) is 78.7 Å². The number of pyridine rings is 4. The number of para-hydroxylation sites is 2. The van der Waals surface area contributed by atoms with Crippen LogP contribution in [0.1, 0.15) is 0 Å². The number of fused-ring (bicyclic) bond motifs is 2. The minimum Gasteiger partial charge on any atom is -0.256 e. The molecule has 5 heterocycles. The molecule has 0 N–H and O–H groups in total. The summed E-state index contributed by atoms with van der Waals surface area (Å²) in [6.07, 6.45) is 7.80. The van der Waals surface area contributed by atoms with E-state index in [1.165, 1.54) is 20.9 Å². The van der Waals surface area contributed by atoms with Crippen molar-refractivity contribution in [1.82, 2.24) is 19.9 Å². The molecule has 0 atom stereocenters. The Morgan fingerprint density at radius 1 is 0.327 bits per heavy atom. The van der Waals surface area contributed by atoms with E-state index in [9.17, 15) is 0 Å². The summed E-state index contributed by atoms with van der Waals surface area (Å²) in [5.74, 6) is 0. The second kappa shape index (κ2) is 12.4. The molecule has 49 heavy (non-hydrogen) atoms.